The highest BCUT2D eigenvalue weighted by Crippen LogP contribution is 2.45. The van der Waals surface area contributed by atoms with Crippen LogP contribution in [0.5, 0.6) is 0 Å². The molecule has 0 N–H and O–H groups in total. The minimum Gasteiger partial charge on any atom is -0.469 e. The van der Waals surface area contributed by atoms with Crippen molar-refractivity contribution in [3.8, 4) is 0 Å². The zero-order valence-electron chi connectivity index (χ0n) is 13.3. The van der Waals surface area contributed by atoms with Gasteiger partial charge in [-0.3, -0.25) is 4.79 Å². The van der Waals surface area contributed by atoms with Crippen molar-refractivity contribution in [3.63, 3.8) is 0 Å². The molecule has 116 valence electrons. The lowest BCUT2D eigenvalue weighted by Crippen LogP contribution is -2.56. The van der Waals surface area contributed by atoms with Crippen molar-refractivity contribution >= 4 is 5.97 Å². The fraction of sp³-hybridized carbons (Fsp3) is 0.938. The Balaban J connectivity index is 2.13. The van der Waals surface area contributed by atoms with E-state index < -0.39 is 5.79 Å². The summed E-state index contributed by atoms with van der Waals surface area (Å²) in [6.45, 7) is 9.20. The normalized spacial score (nSPS) is 43.2. The Morgan fingerprint density at radius 2 is 2.05 bits per heavy atom. The summed E-state index contributed by atoms with van der Waals surface area (Å²) < 4.78 is 17.3. The van der Waals surface area contributed by atoms with E-state index >= 15 is 0 Å². The van der Waals surface area contributed by atoms with Crippen LogP contribution in [0.4, 0.5) is 0 Å². The van der Waals surface area contributed by atoms with E-state index in [1.807, 2.05) is 6.92 Å². The molecule has 0 amide bonds. The van der Waals surface area contributed by atoms with Gasteiger partial charge in [0.15, 0.2) is 5.79 Å². The zero-order chi connectivity index (χ0) is 14.9. The molecule has 4 heteroatoms. The molecular formula is C16H28O4. The molecule has 0 aromatic heterocycles. The third-order valence-corrected chi connectivity index (χ3v) is 5.04. The summed E-state index contributed by atoms with van der Waals surface area (Å²) in [6.07, 6.45) is 2.96. The molecule has 0 radical (unpaired) electrons. The van der Waals surface area contributed by atoms with Crippen molar-refractivity contribution in [2.75, 3.05) is 13.7 Å². The van der Waals surface area contributed by atoms with Crippen molar-refractivity contribution < 1.29 is 19.0 Å². The molecule has 4 nitrogen and oxygen atoms in total. The molecule has 2 heterocycles. The number of carbonyl (C=O) groups is 1. The Bertz CT molecular complexity index is 346. The number of hydrogen-bond donors (Lipinski definition) is 0. The number of carbonyl (C=O) groups excluding carboxylic acids is 1. The van der Waals surface area contributed by atoms with E-state index in [9.17, 15) is 4.79 Å². The third-order valence-electron chi connectivity index (χ3n) is 5.04. The average Bonchev–Trinajstić information content (AvgIpc) is 2.44. The molecule has 0 aliphatic carbocycles. The van der Waals surface area contributed by atoms with Crippen molar-refractivity contribution in [1.82, 2.24) is 0 Å². The molecule has 0 aromatic carbocycles. The maximum atomic E-state index is 11.8. The maximum Gasteiger partial charge on any atom is 0.311 e. The van der Waals surface area contributed by atoms with Gasteiger partial charge in [0, 0.05) is 12.3 Å². The molecule has 0 unspecified atom stereocenters. The van der Waals surface area contributed by atoms with Crippen LogP contribution in [-0.4, -0.2) is 31.6 Å². The van der Waals surface area contributed by atoms with Crippen LogP contribution in [0.25, 0.3) is 0 Å². The highest BCUT2D eigenvalue weighted by Gasteiger charge is 2.50. The fourth-order valence-electron chi connectivity index (χ4n) is 3.62. The minimum atomic E-state index is -0.494. The molecule has 2 aliphatic heterocycles. The van der Waals surface area contributed by atoms with Crippen LogP contribution < -0.4 is 0 Å². The number of methoxy groups -OCH3 is 1. The van der Waals surface area contributed by atoms with Crippen LogP contribution in [0.15, 0.2) is 0 Å². The van der Waals surface area contributed by atoms with E-state index in [2.05, 4.69) is 20.8 Å². The summed E-state index contributed by atoms with van der Waals surface area (Å²) in [5, 5.41) is 0. The van der Waals surface area contributed by atoms with E-state index in [-0.39, 0.29) is 18.0 Å². The standard InChI is InChI=1S/C16H28O4/c1-10-6-7-16(19-9-10)12(3)8-11(2)14(20-16)13(4)15(17)18-5/h10-14H,6-9H2,1-5H3/t10-,11-,12-,13+,14-,16-/m0/s1. The lowest BCUT2D eigenvalue weighted by Gasteiger charge is -2.51. The molecular weight excluding hydrogens is 256 g/mol. The number of hydrogen-bond acceptors (Lipinski definition) is 4. The largest absolute Gasteiger partial charge is 0.469 e. The van der Waals surface area contributed by atoms with E-state index in [4.69, 9.17) is 14.2 Å². The van der Waals surface area contributed by atoms with E-state index in [1.165, 1.54) is 7.11 Å². The number of ether oxygens (including phenoxy) is 3. The Morgan fingerprint density at radius 1 is 1.35 bits per heavy atom. The predicted octanol–water partition coefficient (Wildman–Crippen LogP) is 3.00. The van der Waals surface area contributed by atoms with Crippen molar-refractivity contribution in [3.05, 3.63) is 0 Å². The topological polar surface area (TPSA) is 44.8 Å². The molecule has 0 bridgehead atoms. The van der Waals surface area contributed by atoms with E-state index in [0.717, 1.165) is 25.9 Å². The second-order valence-corrected chi connectivity index (χ2v) is 6.78. The average molecular weight is 284 g/mol. The van der Waals surface area contributed by atoms with Gasteiger partial charge in [0.25, 0.3) is 0 Å². The lowest BCUT2D eigenvalue weighted by molar-refractivity contribution is -0.338. The van der Waals surface area contributed by atoms with Gasteiger partial charge in [0.2, 0.25) is 0 Å². The zero-order valence-corrected chi connectivity index (χ0v) is 13.3. The fourth-order valence-corrected chi connectivity index (χ4v) is 3.62. The maximum absolute atomic E-state index is 11.8. The molecule has 0 saturated carbocycles. The van der Waals surface area contributed by atoms with Crippen LogP contribution >= 0.6 is 0 Å². The first-order valence-electron chi connectivity index (χ1n) is 7.79. The molecule has 2 fully saturated rings. The first kappa shape index (κ1) is 15.8. The van der Waals surface area contributed by atoms with E-state index in [0.29, 0.717) is 17.8 Å². The first-order valence-corrected chi connectivity index (χ1v) is 7.79. The second kappa shape index (κ2) is 6.02. The quantitative estimate of drug-likeness (QED) is 0.731. The molecule has 2 saturated heterocycles. The summed E-state index contributed by atoms with van der Waals surface area (Å²) in [6, 6.07) is 0. The summed E-state index contributed by atoms with van der Waals surface area (Å²) >= 11 is 0. The van der Waals surface area contributed by atoms with Crippen LogP contribution in [0.2, 0.25) is 0 Å². The van der Waals surface area contributed by atoms with E-state index in [1.54, 1.807) is 0 Å². The van der Waals surface area contributed by atoms with Gasteiger partial charge in [0.05, 0.1) is 25.7 Å². The van der Waals surface area contributed by atoms with Gasteiger partial charge in [-0.25, -0.2) is 0 Å². The summed E-state index contributed by atoms with van der Waals surface area (Å²) in [5.74, 6) is 0.357. The molecule has 1 spiro atoms. The number of rotatable bonds is 2. The molecule has 2 rings (SSSR count). The van der Waals surface area contributed by atoms with Gasteiger partial charge in [-0.05, 0) is 31.6 Å². The highest BCUT2D eigenvalue weighted by atomic mass is 16.7. The van der Waals surface area contributed by atoms with Gasteiger partial charge in [-0.2, -0.15) is 0 Å². The highest BCUT2D eigenvalue weighted by molar-refractivity contribution is 5.72. The van der Waals surface area contributed by atoms with Gasteiger partial charge in [-0.1, -0.05) is 20.8 Å². The molecule has 0 aromatic rings. The lowest BCUT2D eigenvalue weighted by atomic mass is 9.77. The second-order valence-electron chi connectivity index (χ2n) is 6.78. The molecule has 6 atom stereocenters. The Labute approximate surface area is 122 Å². The minimum absolute atomic E-state index is 0.118. The van der Waals surface area contributed by atoms with Crippen molar-refractivity contribution in [2.24, 2.45) is 23.7 Å². The third kappa shape index (κ3) is 2.86. The first-order chi connectivity index (χ1) is 9.39. The van der Waals surface area contributed by atoms with Crippen molar-refractivity contribution in [1.29, 1.82) is 0 Å². The van der Waals surface area contributed by atoms with Gasteiger partial charge in [0.1, 0.15) is 0 Å². The van der Waals surface area contributed by atoms with Gasteiger partial charge in [-0.15, -0.1) is 0 Å². The Hall–Kier alpha value is -0.610. The smallest absolute Gasteiger partial charge is 0.311 e. The summed E-state index contributed by atoms with van der Waals surface area (Å²) in [7, 11) is 1.43. The van der Waals surface area contributed by atoms with Gasteiger partial charge >= 0.3 is 5.97 Å². The Kier molecular flexibility index (Phi) is 4.75. The van der Waals surface area contributed by atoms with Crippen LogP contribution in [0.3, 0.4) is 0 Å². The SMILES string of the molecule is COC(=O)[C@H](C)[C@H]1O[C@@]2(CC[C@H](C)CO2)[C@@H](C)C[C@@H]1C. The summed E-state index contributed by atoms with van der Waals surface area (Å²) in [5.41, 5.74) is 0. The number of esters is 1. The Morgan fingerprint density at radius 3 is 2.60 bits per heavy atom. The van der Waals surface area contributed by atoms with Crippen LogP contribution in [0, 0.1) is 23.7 Å². The van der Waals surface area contributed by atoms with Crippen molar-refractivity contribution in [2.45, 2.75) is 58.8 Å². The molecule has 2 aliphatic rings. The summed E-state index contributed by atoms with van der Waals surface area (Å²) in [4.78, 5) is 11.8. The predicted molar refractivity (Wildman–Crippen MR) is 76.1 cm³/mol. The van der Waals surface area contributed by atoms with Gasteiger partial charge < -0.3 is 14.2 Å². The van der Waals surface area contributed by atoms with Crippen LogP contribution in [-0.2, 0) is 19.0 Å². The van der Waals surface area contributed by atoms with Crippen LogP contribution in [0.1, 0.15) is 47.0 Å². The monoisotopic (exact) mass is 284 g/mol. The molecule has 20 heavy (non-hydrogen) atoms.